The molecule has 2 aliphatic rings. The molecule has 2 fully saturated rings. The van der Waals surface area contributed by atoms with Crippen LogP contribution in [0.3, 0.4) is 0 Å². The molecule has 0 aromatic carbocycles. The number of hydrogen-bond donors (Lipinski definition) is 1. The highest BCUT2D eigenvalue weighted by molar-refractivity contribution is 4.82. The number of rotatable bonds is 5. The SMILES string of the molecule is CCCC1CCN(CC2CCCC2CN)CC1. The van der Waals surface area contributed by atoms with E-state index in [0.29, 0.717) is 0 Å². The quantitative estimate of drug-likeness (QED) is 0.798. The minimum Gasteiger partial charge on any atom is -0.330 e. The van der Waals surface area contributed by atoms with Gasteiger partial charge in [-0.2, -0.15) is 0 Å². The van der Waals surface area contributed by atoms with Crippen molar-refractivity contribution in [3.63, 3.8) is 0 Å². The van der Waals surface area contributed by atoms with Crippen LogP contribution in [0.2, 0.25) is 0 Å². The van der Waals surface area contributed by atoms with E-state index in [4.69, 9.17) is 5.73 Å². The molecule has 1 saturated heterocycles. The van der Waals surface area contributed by atoms with Crippen molar-refractivity contribution < 1.29 is 0 Å². The van der Waals surface area contributed by atoms with E-state index in [1.807, 2.05) is 0 Å². The average molecular weight is 238 g/mol. The maximum atomic E-state index is 5.87. The maximum Gasteiger partial charge on any atom is 0.00128 e. The van der Waals surface area contributed by atoms with Crippen molar-refractivity contribution in [3.05, 3.63) is 0 Å². The molecule has 0 spiro atoms. The van der Waals surface area contributed by atoms with Crippen molar-refractivity contribution in [3.8, 4) is 0 Å². The first-order valence-electron chi connectivity index (χ1n) is 7.76. The first-order chi connectivity index (χ1) is 8.33. The van der Waals surface area contributed by atoms with Crippen LogP contribution in [0.25, 0.3) is 0 Å². The van der Waals surface area contributed by atoms with Gasteiger partial charge in [-0.25, -0.2) is 0 Å². The second-order valence-corrected chi connectivity index (χ2v) is 6.22. The van der Waals surface area contributed by atoms with E-state index in [-0.39, 0.29) is 0 Å². The Bertz CT molecular complexity index is 209. The zero-order chi connectivity index (χ0) is 12.1. The lowest BCUT2D eigenvalue weighted by atomic mass is 9.90. The van der Waals surface area contributed by atoms with Crippen molar-refractivity contribution >= 4 is 0 Å². The molecule has 0 bridgehead atoms. The summed E-state index contributed by atoms with van der Waals surface area (Å²) in [5.74, 6) is 2.75. The van der Waals surface area contributed by atoms with Crippen LogP contribution in [-0.4, -0.2) is 31.1 Å². The summed E-state index contributed by atoms with van der Waals surface area (Å²) < 4.78 is 0. The van der Waals surface area contributed by atoms with Crippen LogP contribution in [0.4, 0.5) is 0 Å². The van der Waals surface area contributed by atoms with Gasteiger partial charge < -0.3 is 10.6 Å². The van der Waals surface area contributed by atoms with E-state index < -0.39 is 0 Å². The summed E-state index contributed by atoms with van der Waals surface area (Å²) in [6.45, 7) is 7.26. The molecular formula is C15H30N2. The van der Waals surface area contributed by atoms with Gasteiger partial charge >= 0.3 is 0 Å². The van der Waals surface area contributed by atoms with Crippen LogP contribution in [0.1, 0.15) is 51.9 Å². The molecule has 0 aromatic rings. The Morgan fingerprint density at radius 3 is 2.41 bits per heavy atom. The minimum absolute atomic E-state index is 0.823. The molecule has 2 N–H and O–H groups in total. The second kappa shape index (κ2) is 6.75. The Morgan fingerprint density at radius 1 is 1.06 bits per heavy atom. The smallest absolute Gasteiger partial charge is 0.00128 e. The standard InChI is InChI=1S/C15H30N2/c1-2-4-13-7-9-17(10-8-13)12-15-6-3-5-14(15)11-16/h13-15H,2-12,16H2,1H3. The van der Waals surface area contributed by atoms with E-state index in [1.54, 1.807) is 0 Å². The number of hydrogen-bond acceptors (Lipinski definition) is 2. The Labute approximate surface area is 107 Å². The largest absolute Gasteiger partial charge is 0.330 e. The Balaban J connectivity index is 1.70. The highest BCUT2D eigenvalue weighted by atomic mass is 15.1. The third kappa shape index (κ3) is 3.69. The highest BCUT2D eigenvalue weighted by Gasteiger charge is 2.29. The average Bonchev–Trinajstić information content (AvgIpc) is 2.79. The van der Waals surface area contributed by atoms with Crippen molar-refractivity contribution in [2.75, 3.05) is 26.2 Å². The van der Waals surface area contributed by atoms with Crippen molar-refractivity contribution in [2.24, 2.45) is 23.5 Å². The molecule has 100 valence electrons. The van der Waals surface area contributed by atoms with Crippen LogP contribution in [0.15, 0.2) is 0 Å². The molecule has 2 heteroatoms. The predicted octanol–water partition coefficient (Wildman–Crippen LogP) is 2.87. The van der Waals surface area contributed by atoms with Gasteiger partial charge in [-0.15, -0.1) is 0 Å². The third-order valence-corrected chi connectivity index (χ3v) is 5.02. The molecule has 2 rings (SSSR count). The molecule has 1 aliphatic heterocycles. The van der Waals surface area contributed by atoms with Gasteiger partial charge in [0, 0.05) is 6.54 Å². The predicted molar refractivity (Wildman–Crippen MR) is 74.0 cm³/mol. The lowest BCUT2D eigenvalue weighted by Gasteiger charge is -2.34. The van der Waals surface area contributed by atoms with Crippen LogP contribution in [0, 0.1) is 17.8 Å². The fourth-order valence-corrected chi connectivity index (χ4v) is 3.86. The Kier molecular flexibility index (Phi) is 5.30. The van der Waals surface area contributed by atoms with E-state index in [2.05, 4.69) is 11.8 Å². The van der Waals surface area contributed by atoms with E-state index in [0.717, 1.165) is 24.3 Å². The fourth-order valence-electron chi connectivity index (χ4n) is 3.86. The van der Waals surface area contributed by atoms with Crippen LogP contribution in [0.5, 0.6) is 0 Å². The van der Waals surface area contributed by atoms with Gasteiger partial charge in [0.15, 0.2) is 0 Å². The number of nitrogens with two attached hydrogens (primary N) is 1. The second-order valence-electron chi connectivity index (χ2n) is 6.22. The summed E-state index contributed by atoms with van der Waals surface area (Å²) in [7, 11) is 0. The monoisotopic (exact) mass is 238 g/mol. The highest BCUT2D eigenvalue weighted by Crippen LogP contribution is 2.32. The number of likely N-dealkylation sites (tertiary alicyclic amines) is 1. The summed E-state index contributed by atoms with van der Waals surface area (Å²) in [6, 6.07) is 0. The normalized spacial score (nSPS) is 32.1. The summed E-state index contributed by atoms with van der Waals surface area (Å²) >= 11 is 0. The summed E-state index contributed by atoms with van der Waals surface area (Å²) in [5, 5.41) is 0. The van der Waals surface area contributed by atoms with Gasteiger partial charge in [0.1, 0.15) is 0 Å². The fraction of sp³-hybridized carbons (Fsp3) is 1.00. The molecular weight excluding hydrogens is 208 g/mol. The zero-order valence-electron chi connectivity index (χ0n) is 11.5. The molecule has 1 aliphatic carbocycles. The molecule has 2 nitrogen and oxygen atoms in total. The lowest BCUT2D eigenvalue weighted by molar-refractivity contribution is 0.144. The third-order valence-electron chi connectivity index (χ3n) is 5.02. The van der Waals surface area contributed by atoms with Crippen molar-refractivity contribution in [1.82, 2.24) is 4.90 Å². The minimum atomic E-state index is 0.823. The molecule has 0 aromatic heterocycles. The van der Waals surface area contributed by atoms with Crippen molar-refractivity contribution in [2.45, 2.75) is 51.9 Å². The molecule has 2 unspecified atom stereocenters. The van der Waals surface area contributed by atoms with Crippen LogP contribution in [-0.2, 0) is 0 Å². The number of nitrogens with zero attached hydrogens (tertiary/aromatic N) is 1. The molecule has 1 saturated carbocycles. The van der Waals surface area contributed by atoms with Gasteiger partial charge in [-0.05, 0) is 63.1 Å². The lowest BCUT2D eigenvalue weighted by Crippen LogP contribution is -2.38. The van der Waals surface area contributed by atoms with Crippen LogP contribution < -0.4 is 5.73 Å². The topological polar surface area (TPSA) is 29.3 Å². The first-order valence-corrected chi connectivity index (χ1v) is 7.76. The van der Waals surface area contributed by atoms with Gasteiger partial charge in [0.25, 0.3) is 0 Å². The number of piperidine rings is 1. The van der Waals surface area contributed by atoms with Gasteiger partial charge in [0.2, 0.25) is 0 Å². The molecule has 17 heavy (non-hydrogen) atoms. The maximum absolute atomic E-state index is 5.87. The summed E-state index contributed by atoms with van der Waals surface area (Å²) in [5.41, 5.74) is 5.87. The van der Waals surface area contributed by atoms with Gasteiger partial charge in [-0.1, -0.05) is 26.2 Å². The van der Waals surface area contributed by atoms with E-state index in [1.165, 1.54) is 64.6 Å². The van der Waals surface area contributed by atoms with Gasteiger partial charge in [-0.3, -0.25) is 0 Å². The van der Waals surface area contributed by atoms with Crippen LogP contribution >= 0.6 is 0 Å². The Hall–Kier alpha value is -0.0800. The van der Waals surface area contributed by atoms with Crippen molar-refractivity contribution in [1.29, 1.82) is 0 Å². The van der Waals surface area contributed by atoms with Gasteiger partial charge in [0.05, 0.1) is 0 Å². The van der Waals surface area contributed by atoms with E-state index in [9.17, 15) is 0 Å². The summed E-state index contributed by atoms with van der Waals surface area (Å²) in [4.78, 5) is 2.71. The molecule has 1 heterocycles. The molecule has 2 atom stereocenters. The molecule has 0 radical (unpaired) electrons. The zero-order valence-corrected chi connectivity index (χ0v) is 11.5. The Morgan fingerprint density at radius 2 is 1.76 bits per heavy atom. The van der Waals surface area contributed by atoms with E-state index >= 15 is 0 Å². The molecule has 0 amide bonds. The summed E-state index contributed by atoms with van der Waals surface area (Å²) in [6.07, 6.45) is 9.91. The first kappa shape index (κ1) is 13.4.